The topological polar surface area (TPSA) is 9.72 Å². The highest BCUT2D eigenvalue weighted by Gasteiger charge is 2.47. The number of hydrogen-bond acceptors (Lipinski definition) is 3. The van der Waals surface area contributed by atoms with Gasteiger partial charge in [0.15, 0.2) is 0 Å². The first-order valence-electron chi connectivity index (χ1n) is 25.3. The van der Waals surface area contributed by atoms with E-state index in [4.69, 9.17) is 0 Å². The van der Waals surface area contributed by atoms with Gasteiger partial charge in [-0.2, -0.15) is 0 Å². The Hall–Kier alpha value is -9.18. The lowest BCUT2D eigenvalue weighted by molar-refractivity contribution is 0.627. The molecule has 0 saturated heterocycles. The molecule has 0 radical (unpaired) electrons. The predicted molar refractivity (Wildman–Crippen MR) is 305 cm³/mol. The van der Waals surface area contributed by atoms with Crippen molar-refractivity contribution in [2.24, 2.45) is 0 Å². The number of hydrogen-bond donors (Lipinski definition) is 0. The van der Waals surface area contributed by atoms with Gasteiger partial charge in [0.1, 0.15) is 0 Å². The van der Waals surface area contributed by atoms with Gasteiger partial charge in [-0.3, -0.25) is 0 Å². The van der Waals surface area contributed by atoms with Gasteiger partial charge in [0.2, 0.25) is 0 Å². The van der Waals surface area contributed by atoms with E-state index in [1.807, 2.05) is 0 Å². The number of benzene rings is 11. The van der Waals surface area contributed by atoms with Gasteiger partial charge in [-0.15, -0.1) is 0 Å². The number of anilines is 9. The molecule has 3 nitrogen and oxygen atoms in total. The molecule has 1 aliphatic heterocycles. The molecule has 1 aliphatic carbocycles. The lowest BCUT2D eigenvalue weighted by atomic mass is 9.65. The second-order valence-corrected chi connectivity index (χ2v) is 19.7. The van der Waals surface area contributed by atoms with Crippen LogP contribution in [0.25, 0.3) is 22.3 Å². The maximum Gasteiger partial charge on any atom is 0.0713 e. The normalized spacial score (nSPS) is 13.5. The molecule has 3 heteroatoms. The summed E-state index contributed by atoms with van der Waals surface area (Å²) in [7, 11) is 0. The Morgan fingerprint density at radius 1 is 0.288 bits per heavy atom. The zero-order valence-electron chi connectivity index (χ0n) is 41.0. The smallest absolute Gasteiger partial charge is 0.0713 e. The molecule has 348 valence electrons. The van der Waals surface area contributed by atoms with Gasteiger partial charge >= 0.3 is 0 Å². The Bertz CT molecular complexity index is 3660. The van der Waals surface area contributed by atoms with Gasteiger partial charge in [-0.25, -0.2) is 0 Å². The first kappa shape index (κ1) is 43.8. The minimum Gasteiger partial charge on any atom is -0.311 e. The van der Waals surface area contributed by atoms with Crippen molar-refractivity contribution in [3.8, 4) is 22.3 Å². The van der Waals surface area contributed by atoms with Crippen LogP contribution in [0.15, 0.2) is 285 Å². The molecule has 1 heterocycles. The molecule has 0 spiro atoms. The average Bonchev–Trinajstić information content (AvgIpc) is 3.77. The van der Waals surface area contributed by atoms with Crippen LogP contribution < -0.4 is 14.7 Å². The van der Waals surface area contributed by atoms with Gasteiger partial charge in [0.25, 0.3) is 0 Å². The standard InChI is InChI=1S/C70H53N3/c1-69(2)65-48-53(70(52-24-10-4-11-25-52)63-34-20-18-32-61(63)62-33-19-21-35-64(62)70)38-46-67(65)73(59-43-41-58(42-44-59)71(54-26-12-5-13-27-54)55-28-14-6-15-29-55)68-47-45-60(49-66(68)69)72(56-30-16-7-17-31-56)57-39-36-51(37-40-57)50-22-8-3-9-23-50/h3-49H,1-2H3. The highest BCUT2D eigenvalue weighted by Crippen LogP contribution is 2.59. The van der Waals surface area contributed by atoms with E-state index in [9.17, 15) is 0 Å². The van der Waals surface area contributed by atoms with Crippen molar-refractivity contribution >= 4 is 51.2 Å². The molecular formula is C70H53N3. The quantitative estimate of drug-likeness (QED) is 0.135. The van der Waals surface area contributed by atoms with E-state index in [1.54, 1.807) is 0 Å². The molecule has 0 aromatic heterocycles. The van der Waals surface area contributed by atoms with Crippen molar-refractivity contribution in [3.63, 3.8) is 0 Å². The van der Waals surface area contributed by atoms with Crippen LogP contribution >= 0.6 is 0 Å². The van der Waals surface area contributed by atoms with Crippen molar-refractivity contribution in [2.45, 2.75) is 24.7 Å². The van der Waals surface area contributed by atoms with Crippen LogP contribution in [0, 0.1) is 0 Å². The van der Waals surface area contributed by atoms with Crippen LogP contribution in [0.1, 0.15) is 47.2 Å². The lowest BCUT2D eigenvalue weighted by Gasteiger charge is -2.44. The molecule has 0 unspecified atom stereocenters. The Balaban J connectivity index is 1.01. The summed E-state index contributed by atoms with van der Waals surface area (Å²) in [5.74, 6) is 0. The highest BCUT2D eigenvalue weighted by atomic mass is 15.2. The molecule has 0 N–H and O–H groups in total. The Morgan fingerprint density at radius 2 is 0.671 bits per heavy atom. The number of para-hydroxylation sites is 3. The van der Waals surface area contributed by atoms with Crippen molar-refractivity contribution in [2.75, 3.05) is 14.7 Å². The fraction of sp³-hybridized carbons (Fsp3) is 0.0571. The van der Waals surface area contributed by atoms with Crippen LogP contribution in [0.2, 0.25) is 0 Å². The van der Waals surface area contributed by atoms with Gasteiger partial charge in [0, 0.05) is 45.2 Å². The molecule has 0 atom stereocenters. The minimum absolute atomic E-state index is 0.431. The molecule has 0 saturated carbocycles. The Morgan fingerprint density at radius 3 is 1.21 bits per heavy atom. The number of nitrogens with zero attached hydrogens (tertiary/aromatic N) is 3. The van der Waals surface area contributed by atoms with Crippen LogP contribution in [0.4, 0.5) is 51.2 Å². The van der Waals surface area contributed by atoms with Gasteiger partial charge in [-0.05, 0) is 153 Å². The summed E-state index contributed by atoms with van der Waals surface area (Å²) in [5.41, 5.74) is 21.7. The van der Waals surface area contributed by atoms with Crippen molar-refractivity contribution in [1.82, 2.24) is 0 Å². The van der Waals surface area contributed by atoms with Crippen molar-refractivity contribution in [3.05, 3.63) is 318 Å². The lowest BCUT2D eigenvalue weighted by Crippen LogP contribution is -2.33. The molecular weight excluding hydrogens is 883 g/mol. The zero-order valence-corrected chi connectivity index (χ0v) is 41.0. The second kappa shape index (κ2) is 17.9. The van der Waals surface area contributed by atoms with Crippen molar-refractivity contribution in [1.29, 1.82) is 0 Å². The summed E-state index contributed by atoms with van der Waals surface area (Å²) in [6.45, 7) is 4.84. The molecule has 73 heavy (non-hydrogen) atoms. The monoisotopic (exact) mass is 935 g/mol. The summed E-state index contributed by atoms with van der Waals surface area (Å²) in [6.07, 6.45) is 0. The molecule has 0 fully saturated rings. The summed E-state index contributed by atoms with van der Waals surface area (Å²) in [4.78, 5) is 7.22. The average molecular weight is 936 g/mol. The van der Waals surface area contributed by atoms with Crippen molar-refractivity contribution < 1.29 is 0 Å². The largest absolute Gasteiger partial charge is 0.311 e. The molecule has 0 bridgehead atoms. The molecule has 11 aromatic rings. The SMILES string of the molecule is CC1(C)c2cc(N(c3ccccc3)c3ccc(-c4ccccc4)cc3)ccc2N(c2ccc(N(c3ccccc3)c3ccccc3)cc2)c2ccc(C3(c4ccccc4)c4ccccc4-c4ccccc43)cc21. The van der Waals surface area contributed by atoms with E-state index in [1.165, 1.54) is 61.3 Å². The Labute approximate surface area is 429 Å². The summed E-state index contributed by atoms with van der Waals surface area (Å²) in [6, 6.07) is 104. The number of fused-ring (bicyclic) bond motifs is 5. The summed E-state index contributed by atoms with van der Waals surface area (Å²) >= 11 is 0. The van der Waals surface area contributed by atoms with E-state index in [0.29, 0.717) is 0 Å². The van der Waals surface area contributed by atoms with E-state index in [2.05, 4.69) is 314 Å². The van der Waals surface area contributed by atoms with E-state index in [-0.39, 0.29) is 0 Å². The highest BCUT2D eigenvalue weighted by molar-refractivity contribution is 5.92. The fourth-order valence-corrected chi connectivity index (χ4v) is 11.9. The molecule has 2 aliphatic rings. The summed E-state index contributed by atoms with van der Waals surface area (Å²) < 4.78 is 0. The van der Waals surface area contributed by atoms with E-state index >= 15 is 0 Å². The third kappa shape index (κ3) is 7.27. The summed E-state index contributed by atoms with van der Waals surface area (Å²) in [5, 5.41) is 0. The minimum atomic E-state index is -0.539. The third-order valence-electron chi connectivity index (χ3n) is 15.3. The third-order valence-corrected chi connectivity index (χ3v) is 15.3. The first-order valence-corrected chi connectivity index (χ1v) is 25.3. The van der Waals surface area contributed by atoms with Crippen LogP contribution in [0.3, 0.4) is 0 Å². The van der Waals surface area contributed by atoms with Gasteiger partial charge in [-0.1, -0.05) is 202 Å². The van der Waals surface area contributed by atoms with Gasteiger partial charge < -0.3 is 14.7 Å². The Kier molecular flexibility index (Phi) is 10.7. The first-order chi connectivity index (χ1) is 36.0. The second-order valence-electron chi connectivity index (χ2n) is 19.7. The van der Waals surface area contributed by atoms with Crippen LogP contribution in [-0.4, -0.2) is 0 Å². The van der Waals surface area contributed by atoms with Gasteiger partial charge in [0.05, 0.1) is 16.8 Å². The maximum atomic E-state index is 2.54. The van der Waals surface area contributed by atoms with Crippen LogP contribution in [-0.2, 0) is 10.8 Å². The maximum absolute atomic E-state index is 2.54. The van der Waals surface area contributed by atoms with Crippen LogP contribution in [0.5, 0.6) is 0 Å². The molecule has 0 amide bonds. The fourth-order valence-electron chi connectivity index (χ4n) is 11.9. The number of rotatable bonds is 10. The van der Waals surface area contributed by atoms with E-state index in [0.717, 1.165) is 45.5 Å². The molecule has 13 rings (SSSR count). The predicted octanol–water partition coefficient (Wildman–Crippen LogP) is 18.8. The van der Waals surface area contributed by atoms with E-state index < -0.39 is 10.8 Å². The zero-order chi connectivity index (χ0) is 48.9. The molecule has 11 aromatic carbocycles.